The molecule has 0 amide bonds. The van der Waals surface area contributed by atoms with Crippen LogP contribution in [-0.4, -0.2) is 10.1 Å². The van der Waals surface area contributed by atoms with E-state index in [1.807, 2.05) is 54.6 Å². The second kappa shape index (κ2) is 8.26. The van der Waals surface area contributed by atoms with Crippen LogP contribution in [0.15, 0.2) is 79.0 Å². The van der Waals surface area contributed by atoms with Crippen LogP contribution in [0.3, 0.4) is 0 Å². The standard InChI is InChI=1S/C20H19N3OS/c1-15(16-8-4-2-5-9-16)22-20(25)23-17-12-13-19(21-14-17)24-18-10-6-3-7-11-18/h2-15H,1H3,(H2,22,23,25). The number of aromatic nitrogens is 1. The van der Waals surface area contributed by atoms with Gasteiger partial charge in [-0.3, -0.25) is 0 Å². The molecule has 0 spiro atoms. The van der Waals surface area contributed by atoms with Crippen LogP contribution in [0.4, 0.5) is 5.69 Å². The van der Waals surface area contributed by atoms with Gasteiger partial charge >= 0.3 is 0 Å². The van der Waals surface area contributed by atoms with Gasteiger partial charge in [-0.2, -0.15) is 0 Å². The highest BCUT2D eigenvalue weighted by Crippen LogP contribution is 2.20. The fourth-order valence-corrected chi connectivity index (χ4v) is 2.61. The Kier molecular flexibility index (Phi) is 5.59. The molecule has 2 N–H and O–H groups in total. The lowest BCUT2D eigenvalue weighted by atomic mass is 10.1. The molecule has 4 nitrogen and oxygen atoms in total. The lowest BCUT2D eigenvalue weighted by Gasteiger charge is -2.17. The van der Waals surface area contributed by atoms with Crippen molar-refractivity contribution in [3.05, 3.63) is 84.6 Å². The molecule has 1 heterocycles. The largest absolute Gasteiger partial charge is 0.439 e. The van der Waals surface area contributed by atoms with Crippen LogP contribution in [0.1, 0.15) is 18.5 Å². The van der Waals surface area contributed by atoms with E-state index in [2.05, 4.69) is 34.7 Å². The van der Waals surface area contributed by atoms with E-state index in [-0.39, 0.29) is 6.04 Å². The van der Waals surface area contributed by atoms with Gasteiger partial charge in [-0.1, -0.05) is 48.5 Å². The highest BCUT2D eigenvalue weighted by atomic mass is 32.1. The van der Waals surface area contributed by atoms with E-state index in [9.17, 15) is 0 Å². The third kappa shape index (κ3) is 5.02. The quantitative estimate of drug-likeness (QED) is 0.640. The molecule has 0 aliphatic heterocycles. The van der Waals surface area contributed by atoms with Gasteiger partial charge in [0.1, 0.15) is 5.75 Å². The van der Waals surface area contributed by atoms with Gasteiger partial charge in [0, 0.05) is 6.07 Å². The lowest BCUT2D eigenvalue weighted by Crippen LogP contribution is -2.30. The van der Waals surface area contributed by atoms with Gasteiger partial charge in [0.25, 0.3) is 0 Å². The van der Waals surface area contributed by atoms with E-state index in [1.54, 1.807) is 12.3 Å². The van der Waals surface area contributed by atoms with Crippen molar-refractivity contribution in [1.29, 1.82) is 0 Å². The van der Waals surface area contributed by atoms with Crippen molar-refractivity contribution >= 4 is 23.0 Å². The molecule has 1 atom stereocenters. The minimum atomic E-state index is 0.120. The second-order valence-electron chi connectivity index (χ2n) is 5.53. The number of hydrogen-bond donors (Lipinski definition) is 2. The number of hydrogen-bond acceptors (Lipinski definition) is 3. The molecule has 0 fully saturated rings. The fraction of sp³-hybridized carbons (Fsp3) is 0.100. The Bertz CT molecular complexity index is 807. The number of rotatable bonds is 5. The third-order valence-electron chi connectivity index (χ3n) is 3.61. The van der Waals surface area contributed by atoms with Crippen LogP contribution in [0, 0.1) is 0 Å². The average molecular weight is 349 g/mol. The molecule has 1 unspecified atom stereocenters. The second-order valence-corrected chi connectivity index (χ2v) is 5.94. The van der Waals surface area contributed by atoms with Crippen molar-refractivity contribution in [1.82, 2.24) is 10.3 Å². The Morgan fingerprint density at radius 1 is 0.960 bits per heavy atom. The van der Waals surface area contributed by atoms with Crippen LogP contribution in [-0.2, 0) is 0 Å². The monoisotopic (exact) mass is 349 g/mol. The number of anilines is 1. The van der Waals surface area contributed by atoms with Gasteiger partial charge < -0.3 is 15.4 Å². The van der Waals surface area contributed by atoms with Crippen LogP contribution in [0.2, 0.25) is 0 Å². The predicted molar refractivity (Wildman–Crippen MR) is 105 cm³/mol. The van der Waals surface area contributed by atoms with Crippen LogP contribution in [0.5, 0.6) is 11.6 Å². The first-order valence-corrected chi connectivity index (χ1v) is 8.43. The molecule has 5 heteroatoms. The topological polar surface area (TPSA) is 46.2 Å². The van der Waals surface area contributed by atoms with Crippen molar-refractivity contribution in [3.8, 4) is 11.6 Å². The summed E-state index contributed by atoms with van der Waals surface area (Å²) in [6.07, 6.45) is 1.69. The molecule has 126 valence electrons. The van der Waals surface area contributed by atoms with Gasteiger partial charge in [-0.25, -0.2) is 4.98 Å². The molecule has 2 aromatic carbocycles. The number of ether oxygens (including phenoxy) is 1. The Morgan fingerprint density at radius 3 is 2.28 bits per heavy atom. The number of pyridine rings is 1. The molecular weight excluding hydrogens is 330 g/mol. The maximum absolute atomic E-state index is 5.67. The lowest BCUT2D eigenvalue weighted by molar-refractivity contribution is 0.463. The summed E-state index contributed by atoms with van der Waals surface area (Å²) >= 11 is 5.37. The molecule has 0 radical (unpaired) electrons. The first-order chi connectivity index (χ1) is 12.2. The van der Waals surface area contributed by atoms with Crippen molar-refractivity contribution < 1.29 is 4.74 Å². The summed E-state index contributed by atoms with van der Waals surface area (Å²) in [6.45, 7) is 2.07. The molecule has 3 aromatic rings. The van der Waals surface area contributed by atoms with Gasteiger partial charge in [0.05, 0.1) is 17.9 Å². The summed E-state index contributed by atoms with van der Waals surface area (Å²) in [5.41, 5.74) is 1.98. The number of nitrogens with zero attached hydrogens (tertiary/aromatic N) is 1. The Morgan fingerprint density at radius 2 is 1.64 bits per heavy atom. The number of nitrogens with one attached hydrogen (secondary N) is 2. The van der Waals surface area contributed by atoms with Crippen LogP contribution in [0.25, 0.3) is 0 Å². The molecule has 0 saturated carbocycles. The van der Waals surface area contributed by atoms with Gasteiger partial charge in [-0.05, 0) is 42.9 Å². The van der Waals surface area contributed by atoms with Crippen molar-refractivity contribution in [2.75, 3.05) is 5.32 Å². The first kappa shape index (κ1) is 16.9. The van der Waals surface area contributed by atoms with Gasteiger partial charge in [0.15, 0.2) is 5.11 Å². The van der Waals surface area contributed by atoms with E-state index < -0.39 is 0 Å². The normalized spacial score (nSPS) is 11.4. The molecule has 0 aliphatic carbocycles. The number of benzene rings is 2. The number of thiocarbonyl (C=S) groups is 1. The van der Waals surface area contributed by atoms with E-state index in [4.69, 9.17) is 17.0 Å². The minimum absolute atomic E-state index is 0.120. The first-order valence-electron chi connectivity index (χ1n) is 8.02. The Hall–Kier alpha value is -2.92. The zero-order valence-electron chi connectivity index (χ0n) is 13.8. The summed E-state index contributed by atoms with van der Waals surface area (Å²) < 4.78 is 5.67. The molecule has 25 heavy (non-hydrogen) atoms. The molecule has 3 rings (SSSR count). The maximum atomic E-state index is 5.67. The molecule has 1 aromatic heterocycles. The fourth-order valence-electron chi connectivity index (χ4n) is 2.31. The van der Waals surface area contributed by atoms with Gasteiger partial charge in [0.2, 0.25) is 5.88 Å². The van der Waals surface area contributed by atoms with Crippen LogP contribution < -0.4 is 15.4 Å². The molecule has 0 saturated heterocycles. The highest BCUT2D eigenvalue weighted by molar-refractivity contribution is 7.80. The van der Waals surface area contributed by atoms with Crippen molar-refractivity contribution in [2.45, 2.75) is 13.0 Å². The van der Waals surface area contributed by atoms with E-state index in [0.717, 1.165) is 11.4 Å². The zero-order chi connectivity index (χ0) is 17.5. The highest BCUT2D eigenvalue weighted by Gasteiger charge is 2.07. The van der Waals surface area contributed by atoms with Gasteiger partial charge in [-0.15, -0.1) is 0 Å². The van der Waals surface area contributed by atoms with Crippen molar-refractivity contribution in [3.63, 3.8) is 0 Å². The van der Waals surface area contributed by atoms with E-state index >= 15 is 0 Å². The minimum Gasteiger partial charge on any atom is -0.439 e. The maximum Gasteiger partial charge on any atom is 0.219 e. The summed E-state index contributed by atoms with van der Waals surface area (Å²) in [6, 6.07) is 23.5. The molecule has 0 aliphatic rings. The predicted octanol–water partition coefficient (Wildman–Crippen LogP) is 4.92. The Balaban J connectivity index is 1.55. The number of para-hydroxylation sites is 1. The molecular formula is C20H19N3OS. The van der Waals surface area contributed by atoms with Crippen molar-refractivity contribution in [2.24, 2.45) is 0 Å². The molecule has 0 bridgehead atoms. The zero-order valence-corrected chi connectivity index (χ0v) is 14.7. The van der Waals surface area contributed by atoms with E-state index in [1.165, 1.54) is 5.56 Å². The average Bonchev–Trinajstić information content (AvgIpc) is 2.65. The SMILES string of the molecule is CC(NC(=S)Nc1ccc(Oc2ccccc2)nc1)c1ccccc1. The smallest absolute Gasteiger partial charge is 0.219 e. The summed E-state index contributed by atoms with van der Waals surface area (Å²) in [5, 5.41) is 6.95. The summed E-state index contributed by atoms with van der Waals surface area (Å²) in [4.78, 5) is 4.29. The summed E-state index contributed by atoms with van der Waals surface area (Å²) in [5.74, 6) is 1.29. The summed E-state index contributed by atoms with van der Waals surface area (Å²) in [7, 11) is 0. The third-order valence-corrected chi connectivity index (χ3v) is 3.83. The van der Waals surface area contributed by atoms with E-state index in [0.29, 0.717) is 11.0 Å². The Labute approximate surface area is 152 Å². The van der Waals surface area contributed by atoms with Crippen LogP contribution >= 0.6 is 12.2 Å².